The molecule has 0 radical (unpaired) electrons. The van der Waals surface area contributed by atoms with Gasteiger partial charge in [0.1, 0.15) is 0 Å². The molecule has 0 bridgehead atoms. The summed E-state index contributed by atoms with van der Waals surface area (Å²) < 4.78 is 0. The number of rotatable bonds is 6. The van der Waals surface area contributed by atoms with Crippen LogP contribution in [0.25, 0.3) is 66.7 Å². The van der Waals surface area contributed by atoms with E-state index < -0.39 is 0 Å². The Kier molecular flexibility index (Phi) is 7.33. The lowest BCUT2D eigenvalue weighted by Crippen LogP contribution is -2.02. The van der Waals surface area contributed by atoms with Crippen molar-refractivity contribution in [1.82, 2.24) is 15.0 Å². The van der Waals surface area contributed by atoms with Crippen LogP contribution < -0.4 is 0 Å². The molecule has 0 fully saturated rings. The van der Waals surface area contributed by atoms with Gasteiger partial charge in [-0.2, -0.15) is 0 Å². The van der Waals surface area contributed by atoms with Crippen LogP contribution in [0.2, 0.25) is 0 Å². The third-order valence-corrected chi connectivity index (χ3v) is 8.64. The molecule has 3 heteroatoms. The molecule has 218 valence electrons. The Labute approximate surface area is 269 Å². The van der Waals surface area contributed by atoms with Crippen molar-refractivity contribution in [1.29, 1.82) is 0 Å². The molecule has 1 aliphatic rings. The Balaban J connectivity index is 1.22. The molecular weight excluding hydrogens is 558 g/mol. The fourth-order valence-electron chi connectivity index (χ4n) is 6.19. The van der Waals surface area contributed by atoms with E-state index >= 15 is 0 Å². The fraction of sp³-hybridized carbons (Fsp3) is 0.0465. The molecule has 2 heterocycles. The summed E-state index contributed by atoms with van der Waals surface area (Å²) in [5.41, 5.74) is 12.1. The smallest absolute Gasteiger partial charge is 0.156 e. The van der Waals surface area contributed by atoms with Gasteiger partial charge in [0.15, 0.2) is 5.82 Å². The summed E-state index contributed by atoms with van der Waals surface area (Å²) >= 11 is 0. The molecule has 7 aromatic rings. The molecule has 46 heavy (non-hydrogen) atoms. The first-order chi connectivity index (χ1) is 22.8. The van der Waals surface area contributed by atoms with E-state index in [1.54, 1.807) is 6.20 Å². The monoisotopic (exact) mass is 589 g/mol. The van der Waals surface area contributed by atoms with Crippen molar-refractivity contribution in [3.63, 3.8) is 0 Å². The molecule has 2 aromatic heterocycles. The van der Waals surface area contributed by atoms with Crippen molar-refractivity contribution < 1.29 is 0 Å². The average Bonchev–Trinajstić information content (AvgIpc) is 3.15. The van der Waals surface area contributed by atoms with Crippen LogP contribution in [0.4, 0.5) is 0 Å². The molecule has 0 saturated carbocycles. The van der Waals surface area contributed by atoms with E-state index in [2.05, 4.69) is 145 Å². The number of fused-ring (bicyclic) bond motifs is 1. The standard InChI is InChI=1S/C43H31N3/c1-2-9-30(10-3-1)32-18-21-33(22-19-32)41-28-42(38-15-6-14-36(26-38)40-17-8-24-44-29-40)46-43(45-41)39-16-7-13-35(27-39)37-23-20-31-11-4-5-12-34(31)25-37/h1-6,8-15,17-29H,7,16H2. The minimum absolute atomic E-state index is 0.776. The molecule has 3 nitrogen and oxygen atoms in total. The highest BCUT2D eigenvalue weighted by Gasteiger charge is 2.16. The molecule has 0 unspecified atom stereocenters. The summed E-state index contributed by atoms with van der Waals surface area (Å²) in [7, 11) is 0. The van der Waals surface area contributed by atoms with Crippen LogP contribution in [0.15, 0.2) is 164 Å². The van der Waals surface area contributed by atoms with Gasteiger partial charge in [-0.1, -0.05) is 121 Å². The molecule has 0 N–H and O–H groups in total. The Bertz CT molecular complexity index is 2230. The van der Waals surface area contributed by atoms with Gasteiger partial charge in [0, 0.05) is 29.1 Å². The molecule has 8 rings (SSSR count). The SMILES string of the molecule is C1=C(c2ccc3ccccc3c2)C=C(c2nc(-c3ccc(-c4ccccc4)cc3)cc(-c3cccc(-c4cccnc4)c3)n2)CC1. The zero-order chi connectivity index (χ0) is 30.7. The van der Waals surface area contributed by atoms with Crippen molar-refractivity contribution in [2.75, 3.05) is 0 Å². The predicted molar refractivity (Wildman–Crippen MR) is 191 cm³/mol. The zero-order valence-corrected chi connectivity index (χ0v) is 25.3. The highest BCUT2D eigenvalue weighted by Crippen LogP contribution is 2.35. The lowest BCUT2D eigenvalue weighted by atomic mass is 9.92. The first-order valence-electron chi connectivity index (χ1n) is 15.7. The fourth-order valence-corrected chi connectivity index (χ4v) is 6.19. The Morgan fingerprint density at radius 1 is 0.457 bits per heavy atom. The van der Waals surface area contributed by atoms with Crippen LogP contribution >= 0.6 is 0 Å². The molecule has 0 spiro atoms. The molecule has 5 aromatic carbocycles. The summed E-state index contributed by atoms with van der Waals surface area (Å²) in [6.07, 6.45) is 10.1. The van der Waals surface area contributed by atoms with Crippen LogP contribution in [-0.2, 0) is 0 Å². The molecule has 0 atom stereocenters. The third-order valence-electron chi connectivity index (χ3n) is 8.64. The van der Waals surface area contributed by atoms with E-state index in [9.17, 15) is 0 Å². The summed E-state index contributed by atoms with van der Waals surface area (Å²) in [6, 6.07) is 49.1. The van der Waals surface area contributed by atoms with Gasteiger partial charge < -0.3 is 0 Å². The Morgan fingerprint density at radius 3 is 1.96 bits per heavy atom. The highest BCUT2D eigenvalue weighted by atomic mass is 14.9. The van der Waals surface area contributed by atoms with Crippen LogP contribution in [0.1, 0.15) is 24.2 Å². The quantitative estimate of drug-likeness (QED) is 0.194. The molecular formula is C43H31N3. The second-order valence-electron chi connectivity index (χ2n) is 11.7. The predicted octanol–water partition coefficient (Wildman–Crippen LogP) is 11.0. The van der Waals surface area contributed by atoms with Gasteiger partial charge in [-0.3, -0.25) is 4.98 Å². The maximum absolute atomic E-state index is 5.21. The van der Waals surface area contributed by atoms with Gasteiger partial charge in [-0.05, 0) is 87.4 Å². The first kappa shape index (κ1) is 27.6. The topological polar surface area (TPSA) is 38.7 Å². The van der Waals surface area contributed by atoms with E-state index in [-0.39, 0.29) is 0 Å². The van der Waals surface area contributed by atoms with Crippen LogP contribution in [-0.4, -0.2) is 15.0 Å². The van der Waals surface area contributed by atoms with Gasteiger partial charge in [-0.25, -0.2) is 9.97 Å². The largest absolute Gasteiger partial charge is 0.264 e. The second kappa shape index (κ2) is 12.2. The maximum atomic E-state index is 5.21. The van der Waals surface area contributed by atoms with Crippen molar-refractivity contribution in [2.45, 2.75) is 12.8 Å². The normalized spacial score (nSPS) is 12.9. The minimum Gasteiger partial charge on any atom is -0.264 e. The molecule has 0 aliphatic heterocycles. The molecule has 0 amide bonds. The number of hydrogen-bond donors (Lipinski definition) is 0. The summed E-state index contributed by atoms with van der Waals surface area (Å²) in [6.45, 7) is 0. The van der Waals surface area contributed by atoms with Gasteiger partial charge in [0.25, 0.3) is 0 Å². The van der Waals surface area contributed by atoms with Crippen LogP contribution in [0, 0.1) is 0 Å². The Hall–Kier alpha value is -5.93. The van der Waals surface area contributed by atoms with Gasteiger partial charge in [-0.15, -0.1) is 0 Å². The average molecular weight is 590 g/mol. The van der Waals surface area contributed by atoms with Crippen molar-refractivity contribution in [2.24, 2.45) is 0 Å². The van der Waals surface area contributed by atoms with E-state index in [1.807, 2.05) is 18.3 Å². The van der Waals surface area contributed by atoms with Gasteiger partial charge in [0.2, 0.25) is 0 Å². The van der Waals surface area contributed by atoms with Crippen LogP contribution in [0.5, 0.6) is 0 Å². The second-order valence-corrected chi connectivity index (χ2v) is 11.7. The number of pyridine rings is 1. The van der Waals surface area contributed by atoms with E-state index in [4.69, 9.17) is 9.97 Å². The lowest BCUT2D eigenvalue weighted by Gasteiger charge is -2.16. The Morgan fingerprint density at radius 2 is 1.13 bits per heavy atom. The van der Waals surface area contributed by atoms with Gasteiger partial charge in [0.05, 0.1) is 11.4 Å². The van der Waals surface area contributed by atoms with E-state index in [0.717, 1.165) is 57.9 Å². The van der Waals surface area contributed by atoms with Crippen molar-refractivity contribution in [3.05, 3.63) is 175 Å². The van der Waals surface area contributed by atoms with Gasteiger partial charge >= 0.3 is 0 Å². The number of allylic oxidation sites excluding steroid dienone is 4. The van der Waals surface area contributed by atoms with Crippen LogP contribution in [0.3, 0.4) is 0 Å². The number of aromatic nitrogens is 3. The summed E-state index contributed by atoms with van der Waals surface area (Å²) in [5.74, 6) is 0.776. The lowest BCUT2D eigenvalue weighted by molar-refractivity contribution is 1.01. The van der Waals surface area contributed by atoms with E-state index in [1.165, 1.54) is 33.0 Å². The first-order valence-corrected chi connectivity index (χ1v) is 15.7. The molecule has 1 aliphatic carbocycles. The zero-order valence-electron chi connectivity index (χ0n) is 25.3. The summed E-state index contributed by atoms with van der Waals surface area (Å²) in [4.78, 5) is 14.7. The highest BCUT2D eigenvalue weighted by molar-refractivity contribution is 5.91. The third kappa shape index (κ3) is 5.67. The van der Waals surface area contributed by atoms with Crippen molar-refractivity contribution >= 4 is 21.9 Å². The summed E-state index contributed by atoms with van der Waals surface area (Å²) in [5, 5.41) is 2.49. The molecule has 0 saturated heterocycles. The number of nitrogens with zero attached hydrogens (tertiary/aromatic N) is 3. The number of hydrogen-bond acceptors (Lipinski definition) is 3. The van der Waals surface area contributed by atoms with E-state index in [0.29, 0.717) is 0 Å². The maximum Gasteiger partial charge on any atom is 0.156 e. The number of benzene rings is 5. The van der Waals surface area contributed by atoms with Crippen molar-refractivity contribution in [3.8, 4) is 44.8 Å². The minimum atomic E-state index is 0.776.